The first-order chi connectivity index (χ1) is 14.7. The SMILES string of the molecule is O=C(C(c1ccccc1)c1ccccc1)N(Cc1ccc(Cl)cc1)CC1CCCO1. The summed E-state index contributed by atoms with van der Waals surface area (Å²) in [7, 11) is 0. The number of carbonyl (C=O) groups is 1. The Hall–Kier alpha value is -2.62. The molecule has 0 aromatic heterocycles. The van der Waals surface area contributed by atoms with Crippen LogP contribution in [0.2, 0.25) is 5.02 Å². The van der Waals surface area contributed by atoms with Gasteiger partial charge in [0.25, 0.3) is 0 Å². The maximum Gasteiger partial charge on any atom is 0.234 e. The molecule has 1 saturated heterocycles. The van der Waals surface area contributed by atoms with E-state index in [2.05, 4.69) is 0 Å². The van der Waals surface area contributed by atoms with Crippen LogP contribution in [0.15, 0.2) is 84.9 Å². The van der Waals surface area contributed by atoms with Crippen molar-refractivity contribution in [1.82, 2.24) is 4.90 Å². The fraction of sp³-hybridized carbons (Fsp3) is 0.269. The molecule has 3 aromatic rings. The number of hydrogen-bond donors (Lipinski definition) is 0. The van der Waals surface area contributed by atoms with Crippen molar-refractivity contribution < 1.29 is 9.53 Å². The van der Waals surface area contributed by atoms with Crippen molar-refractivity contribution in [2.24, 2.45) is 0 Å². The molecule has 3 nitrogen and oxygen atoms in total. The Morgan fingerprint density at radius 3 is 2.07 bits per heavy atom. The molecule has 1 aliphatic heterocycles. The molecule has 1 heterocycles. The quantitative estimate of drug-likeness (QED) is 0.493. The average molecular weight is 420 g/mol. The summed E-state index contributed by atoms with van der Waals surface area (Å²) >= 11 is 6.06. The smallest absolute Gasteiger partial charge is 0.234 e. The van der Waals surface area contributed by atoms with Gasteiger partial charge in [0, 0.05) is 24.7 Å². The normalized spacial score (nSPS) is 16.0. The zero-order chi connectivity index (χ0) is 20.8. The number of amides is 1. The zero-order valence-corrected chi connectivity index (χ0v) is 17.7. The molecule has 0 saturated carbocycles. The van der Waals surface area contributed by atoms with Crippen LogP contribution in [-0.2, 0) is 16.1 Å². The molecule has 0 aliphatic carbocycles. The Morgan fingerprint density at radius 1 is 0.933 bits per heavy atom. The van der Waals surface area contributed by atoms with Gasteiger partial charge >= 0.3 is 0 Å². The van der Waals surface area contributed by atoms with E-state index in [0.717, 1.165) is 36.1 Å². The van der Waals surface area contributed by atoms with E-state index < -0.39 is 0 Å². The lowest BCUT2D eigenvalue weighted by molar-refractivity contribution is -0.134. The topological polar surface area (TPSA) is 29.5 Å². The Bertz CT molecular complexity index is 898. The fourth-order valence-electron chi connectivity index (χ4n) is 4.03. The number of halogens is 1. The highest BCUT2D eigenvalue weighted by molar-refractivity contribution is 6.30. The van der Waals surface area contributed by atoms with Crippen molar-refractivity contribution in [3.63, 3.8) is 0 Å². The Labute approximate surface area is 183 Å². The minimum absolute atomic E-state index is 0.0912. The minimum Gasteiger partial charge on any atom is -0.376 e. The number of nitrogens with zero attached hydrogens (tertiary/aromatic N) is 1. The lowest BCUT2D eigenvalue weighted by Crippen LogP contribution is -2.40. The maximum atomic E-state index is 13.9. The second-order valence-electron chi connectivity index (χ2n) is 7.73. The van der Waals surface area contributed by atoms with Crippen LogP contribution in [0.5, 0.6) is 0 Å². The molecule has 30 heavy (non-hydrogen) atoms. The van der Waals surface area contributed by atoms with Crippen LogP contribution in [0.25, 0.3) is 0 Å². The van der Waals surface area contributed by atoms with Gasteiger partial charge in [-0.05, 0) is 41.7 Å². The monoisotopic (exact) mass is 419 g/mol. The molecule has 1 aliphatic rings. The third-order valence-electron chi connectivity index (χ3n) is 5.56. The number of benzene rings is 3. The Morgan fingerprint density at radius 2 is 1.53 bits per heavy atom. The van der Waals surface area contributed by atoms with Gasteiger partial charge in [-0.1, -0.05) is 84.4 Å². The highest BCUT2D eigenvalue weighted by Crippen LogP contribution is 2.28. The summed E-state index contributed by atoms with van der Waals surface area (Å²) in [6.07, 6.45) is 2.13. The third-order valence-corrected chi connectivity index (χ3v) is 5.81. The molecule has 1 atom stereocenters. The number of hydrogen-bond acceptors (Lipinski definition) is 2. The van der Waals surface area contributed by atoms with Crippen LogP contribution in [0.1, 0.15) is 35.4 Å². The standard InChI is InChI=1S/C26H26ClNO2/c27-23-15-13-20(14-16-23)18-28(19-24-12-7-17-30-24)26(29)25(21-8-3-1-4-9-21)22-10-5-2-6-11-22/h1-6,8-11,13-16,24-25H,7,12,17-19H2. The van der Waals surface area contributed by atoms with Crippen LogP contribution >= 0.6 is 11.6 Å². The number of carbonyl (C=O) groups excluding carboxylic acids is 1. The van der Waals surface area contributed by atoms with Gasteiger partial charge in [0.2, 0.25) is 5.91 Å². The van der Waals surface area contributed by atoms with Gasteiger partial charge in [0.05, 0.1) is 12.0 Å². The predicted molar refractivity (Wildman–Crippen MR) is 121 cm³/mol. The molecule has 4 heteroatoms. The second kappa shape index (κ2) is 9.92. The fourth-order valence-corrected chi connectivity index (χ4v) is 4.15. The number of rotatable bonds is 7. The van der Waals surface area contributed by atoms with Gasteiger partial charge < -0.3 is 9.64 Å². The molecule has 1 amide bonds. The molecule has 3 aromatic carbocycles. The summed E-state index contributed by atoms with van der Waals surface area (Å²) in [5.41, 5.74) is 3.06. The van der Waals surface area contributed by atoms with Crippen molar-refractivity contribution in [3.05, 3.63) is 107 Å². The van der Waals surface area contributed by atoms with E-state index in [1.807, 2.05) is 89.8 Å². The van der Waals surface area contributed by atoms with E-state index >= 15 is 0 Å². The summed E-state index contributed by atoms with van der Waals surface area (Å²) in [6.45, 7) is 1.90. The molecule has 1 unspecified atom stereocenters. The van der Waals surface area contributed by atoms with Gasteiger partial charge in [-0.15, -0.1) is 0 Å². The van der Waals surface area contributed by atoms with Crippen molar-refractivity contribution in [2.75, 3.05) is 13.2 Å². The highest BCUT2D eigenvalue weighted by atomic mass is 35.5. The van der Waals surface area contributed by atoms with Crippen LogP contribution in [0.4, 0.5) is 0 Å². The Kier molecular flexibility index (Phi) is 6.83. The van der Waals surface area contributed by atoms with Crippen LogP contribution < -0.4 is 0 Å². The third kappa shape index (κ3) is 5.10. The largest absolute Gasteiger partial charge is 0.376 e. The second-order valence-corrected chi connectivity index (χ2v) is 8.17. The van der Waals surface area contributed by atoms with Gasteiger partial charge in [-0.3, -0.25) is 4.79 Å². The van der Waals surface area contributed by atoms with Gasteiger partial charge in [0.1, 0.15) is 0 Å². The molecular formula is C26H26ClNO2. The minimum atomic E-state index is -0.346. The van der Waals surface area contributed by atoms with E-state index in [1.165, 1.54) is 0 Å². The molecular weight excluding hydrogens is 394 g/mol. The molecule has 4 rings (SSSR count). The summed E-state index contributed by atoms with van der Waals surface area (Å²) in [5.74, 6) is -0.251. The molecule has 1 fully saturated rings. The van der Waals surface area contributed by atoms with E-state index in [9.17, 15) is 4.79 Å². The van der Waals surface area contributed by atoms with Crippen LogP contribution in [0.3, 0.4) is 0 Å². The summed E-state index contributed by atoms with van der Waals surface area (Å²) in [4.78, 5) is 15.9. The van der Waals surface area contributed by atoms with Gasteiger partial charge in [-0.25, -0.2) is 0 Å². The van der Waals surface area contributed by atoms with Crippen LogP contribution in [-0.4, -0.2) is 30.1 Å². The maximum absolute atomic E-state index is 13.9. The average Bonchev–Trinajstić information content (AvgIpc) is 3.30. The summed E-state index contributed by atoms with van der Waals surface area (Å²) in [5, 5.41) is 0.696. The van der Waals surface area contributed by atoms with Crippen LogP contribution in [0, 0.1) is 0 Å². The molecule has 154 valence electrons. The zero-order valence-electron chi connectivity index (χ0n) is 16.9. The summed E-state index contributed by atoms with van der Waals surface area (Å²) < 4.78 is 5.87. The highest BCUT2D eigenvalue weighted by Gasteiger charge is 2.30. The molecule has 0 spiro atoms. The number of ether oxygens (including phenoxy) is 1. The lowest BCUT2D eigenvalue weighted by atomic mass is 9.89. The Balaban J connectivity index is 1.66. The molecule has 0 bridgehead atoms. The van der Waals surface area contributed by atoms with E-state index in [0.29, 0.717) is 18.1 Å². The molecule has 0 N–H and O–H groups in total. The van der Waals surface area contributed by atoms with E-state index in [1.54, 1.807) is 0 Å². The van der Waals surface area contributed by atoms with Gasteiger partial charge in [-0.2, -0.15) is 0 Å². The predicted octanol–water partition coefficient (Wildman–Crippen LogP) is 5.68. The van der Waals surface area contributed by atoms with Gasteiger partial charge in [0.15, 0.2) is 0 Å². The van der Waals surface area contributed by atoms with Crippen molar-refractivity contribution in [3.8, 4) is 0 Å². The van der Waals surface area contributed by atoms with Crippen molar-refractivity contribution in [1.29, 1.82) is 0 Å². The molecule has 0 radical (unpaired) electrons. The van der Waals surface area contributed by atoms with Crippen molar-refractivity contribution in [2.45, 2.75) is 31.4 Å². The summed E-state index contributed by atoms with van der Waals surface area (Å²) in [6, 6.07) is 27.7. The first-order valence-corrected chi connectivity index (χ1v) is 10.8. The van der Waals surface area contributed by atoms with E-state index in [-0.39, 0.29) is 17.9 Å². The van der Waals surface area contributed by atoms with Crippen molar-refractivity contribution >= 4 is 17.5 Å². The first-order valence-electron chi connectivity index (χ1n) is 10.5. The first kappa shape index (κ1) is 20.6. The van der Waals surface area contributed by atoms with E-state index in [4.69, 9.17) is 16.3 Å². The lowest BCUT2D eigenvalue weighted by Gasteiger charge is -2.30.